The highest BCUT2D eigenvalue weighted by Crippen LogP contribution is 2.24. The molecule has 1 aliphatic heterocycles. The molecule has 1 saturated heterocycles. The minimum Gasteiger partial charge on any atom is -0.476 e. The summed E-state index contributed by atoms with van der Waals surface area (Å²) in [6, 6.07) is 12.2. The van der Waals surface area contributed by atoms with Gasteiger partial charge in [-0.3, -0.25) is 10.3 Å². The fraction of sp³-hybridized carbons (Fsp3) is 0.478. The average molecular weight is 412 g/mol. The fourth-order valence-electron chi connectivity index (χ4n) is 3.42. The van der Waals surface area contributed by atoms with E-state index in [2.05, 4.69) is 58.2 Å². The monoisotopic (exact) mass is 411 g/mol. The lowest BCUT2D eigenvalue weighted by molar-refractivity contribution is 0.0320. The maximum absolute atomic E-state index is 6.00. The summed E-state index contributed by atoms with van der Waals surface area (Å²) in [5.41, 5.74) is 6.39. The summed E-state index contributed by atoms with van der Waals surface area (Å²) in [6.07, 6.45) is 1.80. The van der Waals surface area contributed by atoms with E-state index < -0.39 is 0 Å². The molecule has 30 heavy (non-hydrogen) atoms. The van der Waals surface area contributed by atoms with Crippen molar-refractivity contribution < 1.29 is 9.47 Å². The molecule has 0 bridgehead atoms. The number of aryl methyl sites for hydroxylation is 1. The molecule has 1 aliphatic rings. The third kappa shape index (κ3) is 6.71. The Kier molecular flexibility index (Phi) is 8.47. The van der Waals surface area contributed by atoms with Gasteiger partial charge in [0, 0.05) is 50.5 Å². The summed E-state index contributed by atoms with van der Waals surface area (Å²) in [7, 11) is 0. The highest BCUT2D eigenvalue weighted by molar-refractivity contribution is 5.80. The van der Waals surface area contributed by atoms with Gasteiger partial charge < -0.3 is 14.4 Å². The Hall–Kier alpha value is -2.64. The number of anilines is 2. The third-order valence-corrected chi connectivity index (χ3v) is 5.11. The lowest BCUT2D eigenvalue weighted by atomic mass is 10.2. The average Bonchev–Trinajstić information content (AvgIpc) is 2.75. The number of nitrogens with one attached hydrogen (secondary N) is 1. The molecule has 0 aliphatic carbocycles. The number of aromatic nitrogens is 1. The zero-order valence-corrected chi connectivity index (χ0v) is 18.3. The van der Waals surface area contributed by atoms with Crippen molar-refractivity contribution in [3.05, 3.63) is 47.5 Å². The first-order valence-corrected chi connectivity index (χ1v) is 10.7. The van der Waals surface area contributed by atoms with E-state index in [4.69, 9.17) is 9.47 Å². The van der Waals surface area contributed by atoms with Crippen molar-refractivity contribution in [1.29, 1.82) is 0 Å². The molecule has 0 unspecified atom stereocenters. The van der Waals surface area contributed by atoms with Crippen LogP contribution in [0.5, 0.6) is 5.88 Å². The first-order chi connectivity index (χ1) is 14.7. The SMILES string of the molecule is CCN(CC)c1cc(NN=Cc2cccc(C)c2)nc(OCCN2CCOCC2)c1. The van der Waals surface area contributed by atoms with E-state index in [0.29, 0.717) is 18.3 Å². The molecular formula is C23H33N5O2. The molecule has 1 aromatic carbocycles. The molecule has 2 aromatic rings. The van der Waals surface area contributed by atoms with Crippen molar-refractivity contribution in [2.24, 2.45) is 5.10 Å². The standard InChI is InChI=1S/C23H33N5O2/c1-4-28(5-2)21-16-22(26-24-18-20-8-6-7-19(3)15-20)25-23(17-21)30-14-11-27-9-12-29-13-10-27/h6-8,15-18H,4-5,9-14H2,1-3H3,(H,25,26). The summed E-state index contributed by atoms with van der Waals surface area (Å²) in [5.74, 6) is 1.28. The highest BCUT2D eigenvalue weighted by Gasteiger charge is 2.12. The van der Waals surface area contributed by atoms with Gasteiger partial charge in [0.1, 0.15) is 6.61 Å². The lowest BCUT2D eigenvalue weighted by Gasteiger charge is -2.26. The van der Waals surface area contributed by atoms with E-state index in [1.165, 1.54) is 5.56 Å². The number of hydrogen-bond acceptors (Lipinski definition) is 7. The second-order valence-electron chi connectivity index (χ2n) is 7.31. The molecule has 162 valence electrons. The van der Waals surface area contributed by atoms with Crippen LogP contribution >= 0.6 is 0 Å². The van der Waals surface area contributed by atoms with Crippen molar-refractivity contribution in [2.75, 3.05) is 62.9 Å². The summed E-state index contributed by atoms with van der Waals surface area (Å²) in [4.78, 5) is 9.22. The molecule has 0 atom stereocenters. The number of pyridine rings is 1. The number of ether oxygens (including phenoxy) is 2. The minimum atomic E-state index is 0.598. The Morgan fingerprint density at radius 2 is 2.00 bits per heavy atom. The first kappa shape index (κ1) is 22.1. The second-order valence-corrected chi connectivity index (χ2v) is 7.31. The van der Waals surface area contributed by atoms with Gasteiger partial charge in [0.05, 0.1) is 19.4 Å². The molecule has 0 saturated carbocycles. The molecular weight excluding hydrogens is 378 g/mol. The molecule has 3 rings (SSSR count). The topological polar surface area (TPSA) is 62.2 Å². The van der Waals surface area contributed by atoms with E-state index in [1.54, 1.807) is 6.21 Å². The number of hydrogen-bond donors (Lipinski definition) is 1. The molecule has 0 spiro atoms. The van der Waals surface area contributed by atoms with Gasteiger partial charge in [0.15, 0.2) is 5.82 Å². The molecule has 1 aromatic heterocycles. The van der Waals surface area contributed by atoms with E-state index in [0.717, 1.165) is 57.2 Å². The van der Waals surface area contributed by atoms with E-state index in [-0.39, 0.29) is 0 Å². The Bertz CT molecular complexity index is 817. The van der Waals surface area contributed by atoms with Crippen molar-refractivity contribution in [2.45, 2.75) is 20.8 Å². The quantitative estimate of drug-likeness (QED) is 0.478. The molecule has 0 amide bonds. The Balaban J connectivity index is 1.67. The second kappa shape index (κ2) is 11.5. The number of rotatable bonds is 10. The summed E-state index contributed by atoms with van der Waals surface area (Å²) >= 11 is 0. The predicted molar refractivity (Wildman–Crippen MR) is 123 cm³/mol. The van der Waals surface area contributed by atoms with Crippen molar-refractivity contribution in [3.8, 4) is 5.88 Å². The molecule has 2 heterocycles. The van der Waals surface area contributed by atoms with Crippen molar-refractivity contribution >= 4 is 17.7 Å². The van der Waals surface area contributed by atoms with Crippen molar-refractivity contribution in [1.82, 2.24) is 9.88 Å². The first-order valence-electron chi connectivity index (χ1n) is 10.7. The zero-order valence-electron chi connectivity index (χ0n) is 18.3. The smallest absolute Gasteiger partial charge is 0.217 e. The lowest BCUT2D eigenvalue weighted by Crippen LogP contribution is -2.38. The highest BCUT2D eigenvalue weighted by atomic mass is 16.5. The van der Waals surface area contributed by atoms with Crippen LogP contribution in [0, 0.1) is 6.92 Å². The third-order valence-electron chi connectivity index (χ3n) is 5.11. The molecule has 1 N–H and O–H groups in total. The van der Waals surface area contributed by atoms with Crippen LogP contribution in [0.4, 0.5) is 11.5 Å². The maximum Gasteiger partial charge on any atom is 0.217 e. The van der Waals surface area contributed by atoms with Gasteiger partial charge >= 0.3 is 0 Å². The normalized spacial score (nSPS) is 14.8. The van der Waals surface area contributed by atoms with Gasteiger partial charge in [-0.15, -0.1) is 0 Å². The van der Waals surface area contributed by atoms with Gasteiger partial charge in [0.2, 0.25) is 5.88 Å². The van der Waals surface area contributed by atoms with Gasteiger partial charge in [-0.2, -0.15) is 10.1 Å². The summed E-state index contributed by atoms with van der Waals surface area (Å²) in [5, 5.41) is 4.37. The summed E-state index contributed by atoms with van der Waals surface area (Å²) < 4.78 is 11.4. The maximum atomic E-state index is 6.00. The molecule has 0 radical (unpaired) electrons. The van der Waals surface area contributed by atoms with Crippen molar-refractivity contribution in [3.63, 3.8) is 0 Å². The Morgan fingerprint density at radius 3 is 2.73 bits per heavy atom. The van der Waals surface area contributed by atoms with Crippen LogP contribution in [0.25, 0.3) is 0 Å². The van der Waals surface area contributed by atoms with E-state index >= 15 is 0 Å². The number of nitrogens with zero attached hydrogens (tertiary/aromatic N) is 4. The number of benzene rings is 1. The van der Waals surface area contributed by atoms with E-state index in [1.807, 2.05) is 24.3 Å². The Labute approximate surface area is 179 Å². The molecule has 7 nitrogen and oxygen atoms in total. The van der Waals surface area contributed by atoms with Gasteiger partial charge in [-0.05, 0) is 26.3 Å². The Morgan fingerprint density at radius 1 is 1.20 bits per heavy atom. The number of hydrazone groups is 1. The van der Waals surface area contributed by atoms with Crippen LogP contribution in [-0.2, 0) is 4.74 Å². The summed E-state index contributed by atoms with van der Waals surface area (Å²) in [6.45, 7) is 13.2. The number of morpholine rings is 1. The van der Waals surface area contributed by atoms with Gasteiger partial charge in [0.25, 0.3) is 0 Å². The van der Waals surface area contributed by atoms with E-state index in [9.17, 15) is 0 Å². The van der Waals surface area contributed by atoms with Crippen LogP contribution in [0.15, 0.2) is 41.5 Å². The molecule has 1 fully saturated rings. The molecule has 7 heteroatoms. The fourth-order valence-corrected chi connectivity index (χ4v) is 3.42. The largest absolute Gasteiger partial charge is 0.476 e. The van der Waals surface area contributed by atoms with Gasteiger partial charge in [-0.1, -0.05) is 29.8 Å². The van der Waals surface area contributed by atoms with Crippen LogP contribution < -0.4 is 15.1 Å². The predicted octanol–water partition coefficient (Wildman–Crippen LogP) is 3.39. The van der Waals surface area contributed by atoms with Crippen LogP contribution in [-0.4, -0.2) is 68.6 Å². The van der Waals surface area contributed by atoms with Crippen LogP contribution in [0.1, 0.15) is 25.0 Å². The van der Waals surface area contributed by atoms with Gasteiger partial charge in [-0.25, -0.2) is 0 Å². The van der Waals surface area contributed by atoms with Crippen LogP contribution in [0.2, 0.25) is 0 Å². The minimum absolute atomic E-state index is 0.598. The van der Waals surface area contributed by atoms with Crippen LogP contribution in [0.3, 0.4) is 0 Å². The zero-order chi connectivity index (χ0) is 21.2.